The van der Waals surface area contributed by atoms with E-state index >= 15 is 0 Å². The fourth-order valence-electron chi connectivity index (χ4n) is 2.48. The molecule has 107 valence electrons. The third-order valence-corrected chi connectivity index (χ3v) is 3.14. The summed E-state index contributed by atoms with van der Waals surface area (Å²) in [4.78, 5) is 2.50. The summed E-state index contributed by atoms with van der Waals surface area (Å²) in [6, 6.07) is 9.18. The third-order valence-electron chi connectivity index (χ3n) is 3.14. The van der Waals surface area contributed by atoms with Crippen LogP contribution < -0.4 is 0 Å². The minimum Gasteiger partial charge on any atom is -0.369 e. The first kappa shape index (κ1) is 21.3. The first-order valence-corrected chi connectivity index (χ1v) is 5.65. The predicted octanol–water partition coefficient (Wildman–Crippen LogP) is 1.78. The number of fused-ring (bicyclic) bond motifs is 1. The Bertz CT molecular complexity index is 385. The normalized spacial score (nSPS) is 22.3. The number of nitrogens with zero attached hydrogens (tertiary/aromatic N) is 1. The number of ether oxygens (including phenoxy) is 1. The van der Waals surface area contributed by atoms with E-state index in [9.17, 15) is 0 Å². The molecule has 6 heteroatoms. The second-order valence-electron chi connectivity index (χ2n) is 3.94. The standard InChI is InChI=1S/C11H14NO.3CO.Mn/c1-2-5-9(4-1)11-12-7-3-6-10(12)8-13-11;3*1-2;/h1-2,4-5,10-11H,3,6-8H2;;;;/q-1;;;;. The molecule has 2 aliphatic heterocycles. The van der Waals surface area contributed by atoms with Gasteiger partial charge in [0.15, 0.2) is 0 Å². The fourth-order valence-corrected chi connectivity index (χ4v) is 2.48. The Kier molecular flexibility index (Phi) is 13.9. The maximum Gasteiger partial charge on any atom is 0.0912 e. The number of rotatable bonds is 1. The van der Waals surface area contributed by atoms with Crippen LogP contribution in [0.2, 0.25) is 0 Å². The molecule has 0 bridgehead atoms. The molecule has 2 saturated heterocycles. The zero-order chi connectivity index (χ0) is 14.7. The van der Waals surface area contributed by atoms with Crippen LogP contribution in [0.15, 0.2) is 24.3 Å². The van der Waals surface area contributed by atoms with Crippen molar-refractivity contribution in [3.63, 3.8) is 0 Å². The smallest absolute Gasteiger partial charge is 0.0912 e. The third kappa shape index (κ3) is 5.18. The SMILES string of the molecule is [C-]#[O+].[C-]#[O+].[C-]#[O+].[Mn].c1cc[c-](C2OCC3CCCN32)c1. The van der Waals surface area contributed by atoms with Gasteiger partial charge in [0, 0.05) is 29.7 Å². The Hall–Kier alpha value is -0.991. The average molecular weight is 315 g/mol. The molecule has 1 radical (unpaired) electrons. The largest absolute Gasteiger partial charge is 0.369 e. The van der Waals surface area contributed by atoms with E-state index in [-0.39, 0.29) is 23.3 Å². The van der Waals surface area contributed by atoms with Crippen molar-refractivity contribution >= 4 is 0 Å². The summed E-state index contributed by atoms with van der Waals surface area (Å²) in [5.41, 5.74) is 1.32. The van der Waals surface area contributed by atoms with Gasteiger partial charge in [0.2, 0.25) is 0 Å². The van der Waals surface area contributed by atoms with Crippen molar-refractivity contribution in [2.24, 2.45) is 0 Å². The van der Waals surface area contributed by atoms with E-state index in [1.807, 2.05) is 0 Å². The molecule has 0 spiro atoms. The van der Waals surface area contributed by atoms with E-state index in [4.69, 9.17) is 18.7 Å². The van der Waals surface area contributed by atoms with Crippen molar-refractivity contribution < 1.29 is 35.8 Å². The Morgan fingerprint density at radius 1 is 1.05 bits per heavy atom. The molecule has 2 fully saturated rings. The van der Waals surface area contributed by atoms with Crippen LogP contribution in [0.3, 0.4) is 0 Å². The Balaban J connectivity index is 0. The van der Waals surface area contributed by atoms with E-state index in [0.717, 1.165) is 6.61 Å². The van der Waals surface area contributed by atoms with Crippen LogP contribution in [0.25, 0.3) is 0 Å². The molecule has 0 aliphatic carbocycles. The quantitative estimate of drug-likeness (QED) is 0.450. The molecule has 20 heavy (non-hydrogen) atoms. The van der Waals surface area contributed by atoms with Gasteiger partial charge in [-0.2, -0.15) is 12.1 Å². The van der Waals surface area contributed by atoms with Gasteiger partial charge in [0.25, 0.3) is 0 Å². The van der Waals surface area contributed by atoms with Gasteiger partial charge in [-0.15, -0.1) is 5.56 Å². The first-order chi connectivity index (χ1) is 9.45. The van der Waals surface area contributed by atoms with Crippen LogP contribution in [0, 0.1) is 20.0 Å². The van der Waals surface area contributed by atoms with E-state index in [2.05, 4.69) is 49.1 Å². The number of hydrogen-bond acceptors (Lipinski definition) is 2. The molecule has 2 atom stereocenters. The topological polar surface area (TPSA) is 72.2 Å². The molecule has 0 aromatic heterocycles. The Morgan fingerprint density at radius 2 is 1.60 bits per heavy atom. The van der Waals surface area contributed by atoms with Gasteiger partial charge in [-0.1, -0.05) is 0 Å². The zero-order valence-corrected chi connectivity index (χ0v) is 11.9. The second-order valence-corrected chi connectivity index (χ2v) is 3.94. The summed E-state index contributed by atoms with van der Waals surface area (Å²) in [5.74, 6) is 0. The molecule has 3 rings (SSSR count). The van der Waals surface area contributed by atoms with Gasteiger partial charge >= 0.3 is 33.9 Å². The van der Waals surface area contributed by atoms with E-state index in [1.165, 1.54) is 24.9 Å². The van der Waals surface area contributed by atoms with Gasteiger partial charge in [0.1, 0.15) is 0 Å². The van der Waals surface area contributed by atoms with Gasteiger partial charge in [0.05, 0.1) is 12.8 Å². The maximum absolute atomic E-state index is 7.50. The van der Waals surface area contributed by atoms with Gasteiger partial charge in [-0.05, 0) is 12.8 Å². The number of hydrogen-bond donors (Lipinski definition) is 0. The van der Waals surface area contributed by atoms with Crippen molar-refractivity contribution in [3.8, 4) is 0 Å². The second kappa shape index (κ2) is 13.0. The molecule has 1 aromatic carbocycles. The summed E-state index contributed by atoms with van der Waals surface area (Å²) >= 11 is 0. The first-order valence-electron chi connectivity index (χ1n) is 5.65. The molecule has 2 aliphatic rings. The van der Waals surface area contributed by atoms with Crippen LogP contribution >= 0.6 is 0 Å². The van der Waals surface area contributed by atoms with E-state index in [0.29, 0.717) is 6.04 Å². The summed E-state index contributed by atoms with van der Waals surface area (Å²) in [6.45, 7) is 15.6. The Labute approximate surface area is 129 Å². The van der Waals surface area contributed by atoms with E-state index < -0.39 is 0 Å². The molecule has 0 N–H and O–H groups in total. The summed E-state index contributed by atoms with van der Waals surface area (Å²) in [6.07, 6.45) is 2.91. The molecular formula is C14H14MnNO4-. The van der Waals surface area contributed by atoms with Gasteiger partial charge in [-0.25, -0.2) is 12.1 Å². The molecule has 2 unspecified atom stereocenters. The molecule has 2 heterocycles. The van der Waals surface area contributed by atoms with Crippen LogP contribution in [-0.4, -0.2) is 24.1 Å². The van der Waals surface area contributed by atoms with Crippen LogP contribution in [0.4, 0.5) is 0 Å². The monoisotopic (exact) mass is 315 g/mol. The maximum atomic E-state index is 7.50. The van der Waals surface area contributed by atoms with Gasteiger partial charge < -0.3 is 4.74 Å². The average Bonchev–Trinajstić information content (AvgIpc) is 3.22. The van der Waals surface area contributed by atoms with Crippen LogP contribution in [0.5, 0.6) is 0 Å². The van der Waals surface area contributed by atoms with Crippen molar-refractivity contribution in [2.75, 3.05) is 13.2 Å². The molecule has 1 aromatic rings. The minimum atomic E-state index is 0. The fraction of sp³-hybridized carbons (Fsp3) is 0.429. The van der Waals surface area contributed by atoms with Crippen molar-refractivity contribution in [2.45, 2.75) is 25.1 Å². The minimum absolute atomic E-state index is 0. The Morgan fingerprint density at radius 3 is 2.15 bits per heavy atom. The van der Waals surface area contributed by atoms with Crippen molar-refractivity contribution in [1.82, 2.24) is 4.90 Å². The van der Waals surface area contributed by atoms with Crippen molar-refractivity contribution in [3.05, 3.63) is 49.8 Å². The summed E-state index contributed by atoms with van der Waals surface area (Å²) < 4.78 is 28.3. The predicted molar refractivity (Wildman–Crippen MR) is 62.2 cm³/mol. The molecule has 0 saturated carbocycles. The molecular weight excluding hydrogens is 301 g/mol. The zero-order valence-electron chi connectivity index (χ0n) is 10.8. The molecule has 0 amide bonds. The summed E-state index contributed by atoms with van der Waals surface area (Å²) in [7, 11) is 0. The van der Waals surface area contributed by atoms with E-state index in [1.54, 1.807) is 0 Å². The summed E-state index contributed by atoms with van der Waals surface area (Å²) in [5, 5.41) is 0. The van der Waals surface area contributed by atoms with Gasteiger partial charge in [-0.3, -0.25) is 4.90 Å². The van der Waals surface area contributed by atoms with Crippen LogP contribution in [0.1, 0.15) is 24.6 Å². The van der Waals surface area contributed by atoms with Crippen molar-refractivity contribution in [1.29, 1.82) is 0 Å². The van der Waals surface area contributed by atoms with Crippen LogP contribution in [-0.2, 0) is 35.8 Å². The molecule has 5 nitrogen and oxygen atoms in total.